The van der Waals surface area contributed by atoms with E-state index in [1.165, 1.54) is 88.4 Å². The number of ether oxygens (including phenoxy) is 2. The fourth-order valence-corrected chi connectivity index (χ4v) is 4.24. The standard InChI is InChI=1S/C26H46N2O4S/c1-3-5-7-9-11-12-13-14-16-18-20-28-26(30)32-24-22-33-21-23(24)31-25(29)27-19-17-15-10-8-6-4-2/h21-22H,3-20H2,1-2H3,(H,27,29)(H,28,30). The van der Waals surface area contributed by atoms with Crippen LogP contribution in [0.15, 0.2) is 10.8 Å². The zero-order chi connectivity index (χ0) is 24.0. The lowest BCUT2D eigenvalue weighted by Gasteiger charge is -2.09. The van der Waals surface area contributed by atoms with Crippen LogP contribution in [0.3, 0.4) is 0 Å². The normalized spacial score (nSPS) is 10.7. The average molecular weight is 483 g/mol. The maximum Gasteiger partial charge on any atom is 0.412 e. The molecule has 0 radical (unpaired) electrons. The zero-order valence-electron chi connectivity index (χ0n) is 20.9. The van der Waals surface area contributed by atoms with Crippen molar-refractivity contribution in [3.05, 3.63) is 10.8 Å². The van der Waals surface area contributed by atoms with Gasteiger partial charge in [0.25, 0.3) is 0 Å². The molecule has 0 aliphatic carbocycles. The van der Waals surface area contributed by atoms with E-state index in [2.05, 4.69) is 24.5 Å². The quantitative estimate of drug-likeness (QED) is 0.184. The predicted octanol–water partition coefficient (Wildman–Crippen LogP) is 8.21. The maximum atomic E-state index is 12.0. The monoisotopic (exact) mass is 482 g/mol. The predicted molar refractivity (Wildman–Crippen MR) is 138 cm³/mol. The minimum atomic E-state index is -0.516. The van der Waals surface area contributed by atoms with Gasteiger partial charge in [0.1, 0.15) is 0 Å². The largest absolute Gasteiger partial charge is 0.412 e. The smallest absolute Gasteiger partial charge is 0.405 e. The molecule has 1 aromatic heterocycles. The van der Waals surface area contributed by atoms with E-state index in [1.807, 2.05) is 0 Å². The van der Waals surface area contributed by atoms with E-state index in [4.69, 9.17) is 9.47 Å². The van der Waals surface area contributed by atoms with Crippen LogP contribution < -0.4 is 20.1 Å². The van der Waals surface area contributed by atoms with Crippen LogP contribution >= 0.6 is 11.3 Å². The summed E-state index contributed by atoms with van der Waals surface area (Å²) < 4.78 is 10.6. The van der Waals surface area contributed by atoms with Gasteiger partial charge < -0.3 is 20.1 Å². The first kappa shape index (κ1) is 29.3. The molecule has 0 unspecified atom stereocenters. The molecule has 0 atom stereocenters. The van der Waals surface area contributed by atoms with E-state index in [0.29, 0.717) is 13.1 Å². The summed E-state index contributed by atoms with van der Waals surface area (Å²) in [5, 5.41) is 8.86. The zero-order valence-corrected chi connectivity index (χ0v) is 21.7. The Balaban J connectivity index is 2.08. The van der Waals surface area contributed by atoms with E-state index in [1.54, 1.807) is 10.8 Å². The van der Waals surface area contributed by atoms with Crippen LogP contribution in [0.25, 0.3) is 0 Å². The Kier molecular flexibility index (Phi) is 18.5. The lowest BCUT2D eigenvalue weighted by Crippen LogP contribution is -2.29. The number of thiophene rings is 1. The van der Waals surface area contributed by atoms with Gasteiger partial charge in [0.2, 0.25) is 0 Å². The molecule has 0 spiro atoms. The summed E-state index contributed by atoms with van der Waals surface area (Å²) in [6.45, 7) is 5.62. The van der Waals surface area contributed by atoms with Gasteiger partial charge in [-0.05, 0) is 12.8 Å². The van der Waals surface area contributed by atoms with Gasteiger partial charge in [0, 0.05) is 23.8 Å². The van der Waals surface area contributed by atoms with Crippen molar-refractivity contribution < 1.29 is 19.1 Å². The lowest BCUT2D eigenvalue weighted by molar-refractivity contribution is 0.190. The third-order valence-corrected chi connectivity index (χ3v) is 6.30. The summed E-state index contributed by atoms with van der Waals surface area (Å²) in [6, 6.07) is 0. The molecule has 0 aliphatic heterocycles. The molecule has 33 heavy (non-hydrogen) atoms. The molecule has 2 amide bonds. The SMILES string of the molecule is CCCCCCCCCCCCNC(=O)Oc1cscc1OC(=O)NCCCCCCCC. The van der Waals surface area contributed by atoms with Crippen LogP contribution in [0.4, 0.5) is 9.59 Å². The van der Waals surface area contributed by atoms with E-state index < -0.39 is 12.2 Å². The van der Waals surface area contributed by atoms with Crippen LogP contribution in [0.1, 0.15) is 117 Å². The second-order valence-corrected chi connectivity index (χ2v) is 9.43. The minimum Gasteiger partial charge on any atom is -0.405 e. The average Bonchev–Trinajstić information content (AvgIpc) is 3.23. The van der Waals surface area contributed by atoms with E-state index >= 15 is 0 Å². The molecule has 7 heteroatoms. The summed E-state index contributed by atoms with van der Waals surface area (Å²) in [7, 11) is 0. The third kappa shape index (κ3) is 16.5. The van der Waals surface area contributed by atoms with Gasteiger partial charge >= 0.3 is 12.2 Å². The summed E-state index contributed by atoms with van der Waals surface area (Å²) in [5.41, 5.74) is 0. The van der Waals surface area contributed by atoms with Crippen molar-refractivity contribution in [3.63, 3.8) is 0 Å². The Morgan fingerprint density at radius 3 is 1.30 bits per heavy atom. The molecule has 0 aromatic carbocycles. The highest BCUT2D eigenvalue weighted by Gasteiger charge is 2.14. The Bertz CT molecular complexity index is 621. The summed E-state index contributed by atoms with van der Waals surface area (Å²) in [5.74, 6) is 0.546. The molecule has 0 bridgehead atoms. The number of carbonyl (C=O) groups is 2. The van der Waals surface area contributed by atoms with Crippen molar-refractivity contribution in [2.24, 2.45) is 0 Å². The van der Waals surface area contributed by atoms with Crippen LogP contribution in [-0.2, 0) is 0 Å². The summed E-state index contributed by atoms with van der Waals surface area (Å²) >= 11 is 1.33. The highest BCUT2D eigenvalue weighted by Crippen LogP contribution is 2.31. The van der Waals surface area contributed by atoms with Gasteiger partial charge in [-0.3, -0.25) is 0 Å². The molecular weight excluding hydrogens is 436 g/mol. The van der Waals surface area contributed by atoms with E-state index in [-0.39, 0.29) is 11.5 Å². The van der Waals surface area contributed by atoms with Crippen molar-refractivity contribution in [2.45, 2.75) is 117 Å². The van der Waals surface area contributed by atoms with Crippen LogP contribution in [0.2, 0.25) is 0 Å². The Morgan fingerprint density at radius 2 is 0.939 bits per heavy atom. The van der Waals surface area contributed by atoms with Gasteiger partial charge in [-0.2, -0.15) is 0 Å². The number of unbranched alkanes of at least 4 members (excludes halogenated alkanes) is 14. The number of carbonyl (C=O) groups excluding carboxylic acids is 2. The van der Waals surface area contributed by atoms with Crippen molar-refractivity contribution >= 4 is 23.5 Å². The molecule has 0 saturated carbocycles. The fraction of sp³-hybridized carbons (Fsp3) is 0.769. The van der Waals surface area contributed by atoms with Gasteiger partial charge in [0.15, 0.2) is 11.5 Å². The van der Waals surface area contributed by atoms with E-state index in [9.17, 15) is 9.59 Å². The molecule has 1 rings (SSSR count). The third-order valence-electron chi connectivity index (χ3n) is 5.60. The highest BCUT2D eigenvalue weighted by molar-refractivity contribution is 7.08. The first-order valence-corrected chi connectivity index (χ1v) is 14.1. The Morgan fingerprint density at radius 1 is 0.606 bits per heavy atom. The maximum absolute atomic E-state index is 12.0. The van der Waals surface area contributed by atoms with Gasteiger partial charge in [-0.1, -0.05) is 104 Å². The molecule has 0 fully saturated rings. The van der Waals surface area contributed by atoms with Crippen LogP contribution in [0, 0.1) is 0 Å². The Hall–Kier alpha value is -1.76. The lowest BCUT2D eigenvalue weighted by atomic mass is 10.1. The first-order valence-electron chi connectivity index (χ1n) is 13.1. The number of amides is 2. The number of hydrogen-bond donors (Lipinski definition) is 2. The summed E-state index contributed by atoms with van der Waals surface area (Å²) in [6.07, 6.45) is 18.5. The number of rotatable bonds is 20. The van der Waals surface area contributed by atoms with Crippen LogP contribution in [-0.4, -0.2) is 25.3 Å². The topological polar surface area (TPSA) is 76.7 Å². The van der Waals surface area contributed by atoms with Crippen molar-refractivity contribution in [3.8, 4) is 11.5 Å². The van der Waals surface area contributed by atoms with Crippen LogP contribution in [0.5, 0.6) is 11.5 Å². The summed E-state index contributed by atoms with van der Waals surface area (Å²) in [4.78, 5) is 24.0. The molecule has 1 aromatic rings. The molecule has 2 N–H and O–H groups in total. The molecule has 190 valence electrons. The Labute approximate surface area is 205 Å². The van der Waals surface area contributed by atoms with Gasteiger partial charge in [-0.25, -0.2) is 9.59 Å². The van der Waals surface area contributed by atoms with Crippen molar-refractivity contribution in [2.75, 3.05) is 13.1 Å². The van der Waals surface area contributed by atoms with Crippen molar-refractivity contribution in [1.29, 1.82) is 0 Å². The highest BCUT2D eigenvalue weighted by atomic mass is 32.1. The second-order valence-electron chi connectivity index (χ2n) is 8.68. The second kappa shape index (κ2) is 20.8. The number of hydrogen-bond acceptors (Lipinski definition) is 5. The van der Waals surface area contributed by atoms with Gasteiger partial charge in [-0.15, -0.1) is 11.3 Å². The fourth-order valence-electron chi connectivity index (χ4n) is 3.59. The molecule has 6 nitrogen and oxygen atoms in total. The first-order chi connectivity index (χ1) is 16.2. The molecule has 0 aliphatic rings. The van der Waals surface area contributed by atoms with Crippen molar-refractivity contribution in [1.82, 2.24) is 10.6 Å². The number of nitrogens with one attached hydrogen (secondary N) is 2. The van der Waals surface area contributed by atoms with Gasteiger partial charge in [0.05, 0.1) is 0 Å². The van der Waals surface area contributed by atoms with E-state index in [0.717, 1.165) is 25.7 Å². The molecule has 0 saturated heterocycles. The molecule has 1 heterocycles. The minimum absolute atomic E-state index is 0.273. The molecular formula is C26H46N2O4S.